The third-order valence-electron chi connectivity index (χ3n) is 4.36. The summed E-state index contributed by atoms with van der Waals surface area (Å²) in [5.74, 6) is -0.130. The first kappa shape index (κ1) is 17.9. The number of carbonyl (C=O) groups excluding carboxylic acids is 1. The number of hydrogen-bond acceptors (Lipinski definition) is 4. The summed E-state index contributed by atoms with van der Waals surface area (Å²) in [6.07, 6.45) is 0.555. The minimum atomic E-state index is -3.82. The highest BCUT2D eigenvalue weighted by Gasteiger charge is 2.36. The number of ether oxygens (including phenoxy) is 1. The summed E-state index contributed by atoms with van der Waals surface area (Å²) in [5, 5.41) is 8.05. The molecular formula is C16H24N2O4S. The second-order valence-corrected chi connectivity index (χ2v) is 7.98. The van der Waals surface area contributed by atoms with Gasteiger partial charge < -0.3 is 10.1 Å². The number of anilines is 1. The Balaban J connectivity index is 2.29. The Morgan fingerprint density at radius 2 is 2.00 bits per heavy atom. The molecule has 1 aromatic carbocycles. The average Bonchev–Trinajstić information content (AvgIpc) is 2.92. The molecule has 23 heavy (non-hydrogen) atoms. The molecule has 0 bridgehead atoms. The van der Waals surface area contributed by atoms with Crippen LogP contribution in [-0.2, 0) is 19.6 Å². The molecule has 1 aliphatic heterocycles. The lowest BCUT2D eigenvalue weighted by Gasteiger charge is -2.22. The summed E-state index contributed by atoms with van der Waals surface area (Å²) in [7, 11) is -3.82. The summed E-state index contributed by atoms with van der Waals surface area (Å²) < 4.78 is 28.8. The Morgan fingerprint density at radius 3 is 2.57 bits per heavy atom. The average molecular weight is 340 g/mol. The van der Waals surface area contributed by atoms with Crippen LogP contribution in [0.2, 0.25) is 0 Å². The molecule has 1 aromatic rings. The molecule has 2 atom stereocenters. The van der Waals surface area contributed by atoms with E-state index in [2.05, 4.69) is 5.32 Å². The second-order valence-electron chi connectivity index (χ2n) is 6.42. The fourth-order valence-corrected chi connectivity index (χ4v) is 3.52. The predicted molar refractivity (Wildman–Crippen MR) is 88.6 cm³/mol. The van der Waals surface area contributed by atoms with Crippen molar-refractivity contribution in [3.05, 3.63) is 23.3 Å². The lowest BCUT2D eigenvalue weighted by Crippen LogP contribution is -2.33. The van der Waals surface area contributed by atoms with Gasteiger partial charge in [0.25, 0.3) is 0 Å². The number of primary sulfonamides is 1. The molecule has 0 saturated carbocycles. The number of hydrogen-bond donors (Lipinski definition) is 2. The van der Waals surface area contributed by atoms with Crippen LogP contribution in [0.1, 0.15) is 31.4 Å². The van der Waals surface area contributed by atoms with E-state index in [0.29, 0.717) is 18.7 Å². The lowest BCUT2D eigenvalue weighted by molar-refractivity contribution is -0.122. The third-order valence-corrected chi connectivity index (χ3v) is 5.25. The van der Waals surface area contributed by atoms with Crippen LogP contribution in [0.5, 0.6) is 0 Å². The van der Waals surface area contributed by atoms with E-state index in [9.17, 15) is 13.2 Å². The zero-order valence-electron chi connectivity index (χ0n) is 13.9. The van der Waals surface area contributed by atoms with Crippen LogP contribution >= 0.6 is 0 Å². The summed E-state index contributed by atoms with van der Waals surface area (Å²) in [6, 6.07) is 2.92. The number of carbonyl (C=O) groups is 1. The SMILES string of the molecule is Cc1cc(S(N)(=O)=O)cc(NC(=O)[C@@H]2CCO[C@H]2C(C)C)c1C. The topological polar surface area (TPSA) is 98.5 Å². The molecule has 7 heteroatoms. The first-order chi connectivity index (χ1) is 10.6. The van der Waals surface area contributed by atoms with Crippen molar-refractivity contribution in [3.8, 4) is 0 Å². The highest BCUT2D eigenvalue weighted by atomic mass is 32.2. The summed E-state index contributed by atoms with van der Waals surface area (Å²) >= 11 is 0. The predicted octanol–water partition coefficient (Wildman–Crippen LogP) is 1.95. The van der Waals surface area contributed by atoms with Crippen molar-refractivity contribution in [1.82, 2.24) is 0 Å². The molecule has 128 valence electrons. The van der Waals surface area contributed by atoms with E-state index in [0.717, 1.165) is 11.1 Å². The van der Waals surface area contributed by atoms with Gasteiger partial charge >= 0.3 is 0 Å². The number of sulfonamides is 1. The van der Waals surface area contributed by atoms with E-state index < -0.39 is 10.0 Å². The zero-order chi connectivity index (χ0) is 17.4. The monoisotopic (exact) mass is 340 g/mol. The molecular weight excluding hydrogens is 316 g/mol. The Morgan fingerprint density at radius 1 is 1.35 bits per heavy atom. The van der Waals surface area contributed by atoms with Crippen molar-refractivity contribution >= 4 is 21.6 Å². The number of aryl methyl sites for hydroxylation is 1. The van der Waals surface area contributed by atoms with Crippen molar-refractivity contribution in [3.63, 3.8) is 0 Å². The van der Waals surface area contributed by atoms with Gasteiger partial charge in [0.1, 0.15) is 0 Å². The van der Waals surface area contributed by atoms with Crippen molar-refractivity contribution in [2.24, 2.45) is 17.0 Å². The molecule has 1 fully saturated rings. The molecule has 0 aromatic heterocycles. The Kier molecular flexibility index (Phi) is 5.13. The Hall–Kier alpha value is -1.44. The molecule has 1 aliphatic rings. The lowest BCUT2D eigenvalue weighted by atomic mass is 9.92. The number of amides is 1. The Labute approximate surface area is 137 Å². The second kappa shape index (κ2) is 6.59. The van der Waals surface area contributed by atoms with E-state index in [-0.39, 0.29) is 28.7 Å². The van der Waals surface area contributed by atoms with Gasteiger partial charge in [-0.05, 0) is 49.4 Å². The number of rotatable bonds is 4. The minimum Gasteiger partial charge on any atom is -0.377 e. The fourth-order valence-electron chi connectivity index (χ4n) is 2.89. The first-order valence-corrected chi connectivity index (χ1v) is 9.22. The maximum atomic E-state index is 12.6. The molecule has 0 spiro atoms. The molecule has 1 saturated heterocycles. The van der Waals surface area contributed by atoms with Crippen molar-refractivity contribution in [2.45, 2.75) is 45.1 Å². The standard InChI is InChI=1S/C16H24N2O4S/c1-9(2)15-13(5-6-22-15)16(19)18-14-8-12(23(17,20)21)7-10(3)11(14)4/h7-9,13,15H,5-6H2,1-4H3,(H,18,19)(H2,17,20,21)/t13-,15+/m1/s1. The van der Waals surface area contributed by atoms with E-state index in [1.54, 1.807) is 6.92 Å². The molecule has 6 nitrogen and oxygen atoms in total. The molecule has 1 heterocycles. The summed E-state index contributed by atoms with van der Waals surface area (Å²) in [5.41, 5.74) is 2.06. The van der Waals surface area contributed by atoms with Gasteiger partial charge in [-0.15, -0.1) is 0 Å². The molecule has 3 N–H and O–H groups in total. The molecule has 0 radical (unpaired) electrons. The molecule has 1 amide bonds. The molecule has 0 aliphatic carbocycles. The number of nitrogens with one attached hydrogen (secondary N) is 1. The summed E-state index contributed by atoms with van der Waals surface area (Å²) in [4.78, 5) is 12.6. The number of benzene rings is 1. The van der Waals surface area contributed by atoms with Crippen LogP contribution in [-0.4, -0.2) is 27.0 Å². The maximum absolute atomic E-state index is 12.6. The van der Waals surface area contributed by atoms with Crippen LogP contribution in [0.3, 0.4) is 0 Å². The largest absolute Gasteiger partial charge is 0.377 e. The minimum absolute atomic E-state index is 0.000943. The van der Waals surface area contributed by atoms with Gasteiger partial charge in [0.2, 0.25) is 15.9 Å². The van der Waals surface area contributed by atoms with Gasteiger partial charge in [-0.25, -0.2) is 13.6 Å². The van der Waals surface area contributed by atoms with Crippen molar-refractivity contribution in [2.75, 3.05) is 11.9 Å². The number of nitrogens with two attached hydrogens (primary N) is 1. The van der Waals surface area contributed by atoms with E-state index in [4.69, 9.17) is 9.88 Å². The van der Waals surface area contributed by atoms with Gasteiger partial charge in [0.05, 0.1) is 16.9 Å². The maximum Gasteiger partial charge on any atom is 0.238 e. The van der Waals surface area contributed by atoms with Crippen LogP contribution in [0.25, 0.3) is 0 Å². The normalized spacial score (nSPS) is 21.7. The van der Waals surface area contributed by atoms with Gasteiger partial charge in [-0.1, -0.05) is 13.8 Å². The summed E-state index contributed by atoms with van der Waals surface area (Å²) in [6.45, 7) is 8.23. The fraction of sp³-hybridized carbons (Fsp3) is 0.562. The zero-order valence-corrected chi connectivity index (χ0v) is 14.7. The van der Waals surface area contributed by atoms with E-state index in [1.807, 2.05) is 20.8 Å². The van der Waals surface area contributed by atoms with Gasteiger partial charge in [0, 0.05) is 12.3 Å². The molecule has 0 unspecified atom stereocenters. The van der Waals surface area contributed by atoms with Gasteiger partial charge in [0.15, 0.2) is 0 Å². The highest BCUT2D eigenvalue weighted by Crippen LogP contribution is 2.29. The van der Waals surface area contributed by atoms with Crippen molar-refractivity contribution < 1.29 is 17.9 Å². The van der Waals surface area contributed by atoms with Gasteiger partial charge in [-0.2, -0.15) is 0 Å². The van der Waals surface area contributed by atoms with Crippen LogP contribution < -0.4 is 10.5 Å². The third kappa shape index (κ3) is 3.91. The smallest absolute Gasteiger partial charge is 0.238 e. The quantitative estimate of drug-likeness (QED) is 0.875. The van der Waals surface area contributed by atoms with Crippen LogP contribution in [0.15, 0.2) is 17.0 Å². The Bertz CT molecular complexity index is 713. The molecule has 2 rings (SSSR count). The van der Waals surface area contributed by atoms with Crippen molar-refractivity contribution in [1.29, 1.82) is 0 Å². The van der Waals surface area contributed by atoms with Crippen LogP contribution in [0.4, 0.5) is 5.69 Å². The van der Waals surface area contributed by atoms with E-state index >= 15 is 0 Å². The van der Waals surface area contributed by atoms with Crippen LogP contribution in [0, 0.1) is 25.7 Å². The highest BCUT2D eigenvalue weighted by molar-refractivity contribution is 7.89. The van der Waals surface area contributed by atoms with E-state index in [1.165, 1.54) is 12.1 Å². The first-order valence-electron chi connectivity index (χ1n) is 7.67. The van der Waals surface area contributed by atoms with Gasteiger partial charge in [-0.3, -0.25) is 4.79 Å².